The van der Waals surface area contributed by atoms with Crippen LogP contribution in [0.2, 0.25) is 0 Å². The van der Waals surface area contributed by atoms with Crippen LogP contribution in [0.15, 0.2) is 36.5 Å². The minimum atomic E-state index is -1.11. The molecule has 0 saturated carbocycles. The van der Waals surface area contributed by atoms with E-state index in [1.807, 2.05) is 19.1 Å². The van der Waals surface area contributed by atoms with Crippen LogP contribution in [-0.4, -0.2) is 26.8 Å². The van der Waals surface area contributed by atoms with Crippen LogP contribution < -0.4 is 5.32 Å². The van der Waals surface area contributed by atoms with Crippen molar-refractivity contribution in [1.29, 1.82) is 0 Å². The Morgan fingerprint density at radius 3 is 2.24 bits per heavy atom. The molecule has 0 radical (unpaired) electrons. The third kappa shape index (κ3) is 4.47. The van der Waals surface area contributed by atoms with E-state index in [1.165, 1.54) is 22.5 Å². The van der Waals surface area contributed by atoms with Crippen LogP contribution in [0.25, 0.3) is 0 Å². The van der Waals surface area contributed by atoms with Gasteiger partial charge in [0.1, 0.15) is 6.04 Å². The maximum Gasteiger partial charge on any atom is 0.356 e. The molecule has 3 atom stereocenters. The number of nitrogens with zero attached hydrogens (tertiary/aromatic N) is 2. The van der Waals surface area contributed by atoms with Crippen LogP contribution in [0.1, 0.15) is 73.7 Å². The highest BCUT2D eigenvalue weighted by Gasteiger charge is 2.20. The fraction of sp³-hybridized carbons (Fsp3) is 0.421. The zero-order valence-electron chi connectivity index (χ0n) is 15.1. The molecule has 1 amide bonds. The number of hydrogen-bond acceptors (Lipinski definition) is 3. The van der Waals surface area contributed by atoms with Gasteiger partial charge in [-0.3, -0.25) is 9.48 Å². The average Bonchev–Trinajstić information content (AvgIpc) is 3.10. The van der Waals surface area contributed by atoms with Gasteiger partial charge in [0.15, 0.2) is 5.69 Å². The van der Waals surface area contributed by atoms with Gasteiger partial charge < -0.3 is 10.4 Å². The Hall–Kier alpha value is -2.63. The van der Waals surface area contributed by atoms with E-state index in [2.05, 4.69) is 36.4 Å². The summed E-state index contributed by atoms with van der Waals surface area (Å²) in [5, 5.41) is 15.8. The smallest absolute Gasteiger partial charge is 0.356 e. The minimum Gasteiger partial charge on any atom is -0.476 e. The van der Waals surface area contributed by atoms with Gasteiger partial charge in [0.2, 0.25) is 5.91 Å². The predicted molar refractivity (Wildman–Crippen MR) is 95.6 cm³/mol. The first-order chi connectivity index (χ1) is 11.8. The van der Waals surface area contributed by atoms with Crippen molar-refractivity contribution in [3.63, 3.8) is 0 Å². The van der Waals surface area contributed by atoms with Gasteiger partial charge in [0, 0.05) is 6.20 Å². The zero-order valence-corrected chi connectivity index (χ0v) is 15.1. The van der Waals surface area contributed by atoms with Gasteiger partial charge in [0.25, 0.3) is 0 Å². The third-order valence-corrected chi connectivity index (χ3v) is 4.58. The van der Waals surface area contributed by atoms with E-state index < -0.39 is 12.0 Å². The molecule has 0 aliphatic rings. The topological polar surface area (TPSA) is 84.2 Å². The molecule has 0 aliphatic heterocycles. The summed E-state index contributed by atoms with van der Waals surface area (Å²) in [7, 11) is 0. The lowest BCUT2D eigenvalue weighted by Crippen LogP contribution is -2.33. The molecule has 3 unspecified atom stereocenters. The van der Waals surface area contributed by atoms with Crippen LogP contribution in [0, 0.1) is 0 Å². The maximum atomic E-state index is 12.4. The second-order valence-corrected chi connectivity index (χ2v) is 6.37. The number of carbonyl (C=O) groups excluding carboxylic acids is 1. The van der Waals surface area contributed by atoms with E-state index in [-0.39, 0.29) is 17.6 Å². The first-order valence-electron chi connectivity index (χ1n) is 8.52. The minimum absolute atomic E-state index is 0.0756. The Kier molecular flexibility index (Phi) is 5.96. The second-order valence-electron chi connectivity index (χ2n) is 6.37. The molecular formula is C19H25N3O3. The molecule has 0 bridgehead atoms. The number of amides is 1. The maximum absolute atomic E-state index is 12.4. The lowest BCUT2D eigenvalue weighted by atomic mass is 9.96. The molecule has 2 rings (SSSR count). The van der Waals surface area contributed by atoms with Gasteiger partial charge in [0.05, 0.1) is 6.04 Å². The number of benzene rings is 1. The lowest BCUT2D eigenvalue weighted by Gasteiger charge is -2.19. The second kappa shape index (κ2) is 7.96. The molecule has 2 N–H and O–H groups in total. The Morgan fingerprint density at radius 2 is 1.72 bits per heavy atom. The fourth-order valence-corrected chi connectivity index (χ4v) is 2.55. The SMILES string of the molecule is CCC(C)c1ccc(C(C)NC(=O)C(C)n2ccc(C(=O)O)n2)cc1. The summed E-state index contributed by atoms with van der Waals surface area (Å²) in [4.78, 5) is 23.3. The summed E-state index contributed by atoms with van der Waals surface area (Å²) in [5.41, 5.74) is 2.24. The molecule has 0 fully saturated rings. The summed E-state index contributed by atoms with van der Waals surface area (Å²) in [6.45, 7) is 7.96. The Labute approximate surface area is 147 Å². The first kappa shape index (κ1) is 18.7. The van der Waals surface area contributed by atoms with Crippen LogP contribution in [0.5, 0.6) is 0 Å². The quantitative estimate of drug-likeness (QED) is 0.805. The molecule has 0 saturated heterocycles. The molecule has 6 nitrogen and oxygen atoms in total. The Bertz CT molecular complexity index is 737. The molecule has 6 heteroatoms. The van der Waals surface area contributed by atoms with Crippen molar-refractivity contribution in [2.75, 3.05) is 0 Å². The van der Waals surface area contributed by atoms with Crippen LogP contribution >= 0.6 is 0 Å². The number of rotatable bonds is 7. The molecule has 0 spiro atoms. The number of nitrogens with one attached hydrogen (secondary N) is 1. The van der Waals surface area contributed by atoms with Crippen molar-refractivity contribution in [2.45, 2.75) is 52.1 Å². The monoisotopic (exact) mass is 343 g/mol. The number of aromatic nitrogens is 2. The van der Waals surface area contributed by atoms with Crippen molar-refractivity contribution in [1.82, 2.24) is 15.1 Å². The van der Waals surface area contributed by atoms with E-state index in [1.54, 1.807) is 6.92 Å². The summed E-state index contributed by atoms with van der Waals surface area (Å²) >= 11 is 0. The molecule has 1 aromatic heterocycles. The van der Waals surface area contributed by atoms with Crippen molar-refractivity contribution in [3.05, 3.63) is 53.3 Å². The van der Waals surface area contributed by atoms with E-state index in [0.717, 1.165) is 12.0 Å². The predicted octanol–water partition coefficient (Wildman–Crippen LogP) is 3.53. The molecular weight excluding hydrogens is 318 g/mol. The molecule has 134 valence electrons. The summed E-state index contributed by atoms with van der Waals surface area (Å²) in [5.74, 6) is -0.804. The fourth-order valence-electron chi connectivity index (χ4n) is 2.55. The van der Waals surface area contributed by atoms with Gasteiger partial charge in [-0.05, 0) is 43.4 Å². The molecule has 0 aliphatic carbocycles. The van der Waals surface area contributed by atoms with E-state index >= 15 is 0 Å². The standard InChI is InChI=1S/C19H25N3O3/c1-5-12(2)15-6-8-16(9-7-15)13(3)20-18(23)14(4)22-11-10-17(21-22)19(24)25/h6-14H,5H2,1-4H3,(H,20,23)(H,24,25). The van der Waals surface area contributed by atoms with Crippen molar-refractivity contribution in [2.24, 2.45) is 0 Å². The van der Waals surface area contributed by atoms with Crippen molar-refractivity contribution in [3.8, 4) is 0 Å². The third-order valence-electron chi connectivity index (χ3n) is 4.58. The molecule has 1 aromatic carbocycles. The number of aromatic carboxylic acids is 1. The van der Waals surface area contributed by atoms with Crippen molar-refractivity contribution >= 4 is 11.9 Å². The number of carboxylic acids is 1. The van der Waals surface area contributed by atoms with Gasteiger partial charge in [-0.1, -0.05) is 38.1 Å². The molecule has 2 aromatic rings. The average molecular weight is 343 g/mol. The highest BCUT2D eigenvalue weighted by Crippen LogP contribution is 2.21. The van der Waals surface area contributed by atoms with E-state index in [0.29, 0.717) is 5.92 Å². The van der Waals surface area contributed by atoms with Crippen LogP contribution in [0.4, 0.5) is 0 Å². The largest absolute Gasteiger partial charge is 0.476 e. The van der Waals surface area contributed by atoms with Crippen LogP contribution in [-0.2, 0) is 4.79 Å². The zero-order chi connectivity index (χ0) is 18.6. The van der Waals surface area contributed by atoms with E-state index in [4.69, 9.17) is 5.11 Å². The highest BCUT2D eigenvalue weighted by atomic mass is 16.4. The molecule has 25 heavy (non-hydrogen) atoms. The van der Waals surface area contributed by atoms with Gasteiger partial charge in [-0.2, -0.15) is 5.10 Å². The van der Waals surface area contributed by atoms with Gasteiger partial charge in [-0.25, -0.2) is 4.79 Å². The first-order valence-corrected chi connectivity index (χ1v) is 8.52. The summed E-state index contributed by atoms with van der Waals surface area (Å²) < 4.78 is 1.36. The van der Waals surface area contributed by atoms with Gasteiger partial charge in [-0.15, -0.1) is 0 Å². The number of carbonyl (C=O) groups is 2. The number of carboxylic acid groups (broad SMARTS) is 1. The molecule has 1 heterocycles. The van der Waals surface area contributed by atoms with Gasteiger partial charge >= 0.3 is 5.97 Å². The Morgan fingerprint density at radius 1 is 1.12 bits per heavy atom. The normalized spacial score (nSPS) is 14.6. The lowest BCUT2D eigenvalue weighted by molar-refractivity contribution is -0.124. The van der Waals surface area contributed by atoms with Crippen LogP contribution in [0.3, 0.4) is 0 Å². The number of hydrogen-bond donors (Lipinski definition) is 2. The highest BCUT2D eigenvalue weighted by molar-refractivity contribution is 5.85. The summed E-state index contributed by atoms with van der Waals surface area (Å²) in [6, 6.07) is 8.92. The van der Waals surface area contributed by atoms with E-state index in [9.17, 15) is 9.59 Å². The Balaban J connectivity index is 2.02. The summed E-state index contributed by atoms with van der Waals surface area (Å²) in [6.07, 6.45) is 2.59. The van der Waals surface area contributed by atoms with Crippen molar-refractivity contribution < 1.29 is 14.7 Å².